The number of nitrogens with zero attached hydrogens (tertiary/aromatic N) is 2. The Morgan fingerprint density at radius 1 is 1.39 bits per heavy atom. The third-order valence-corrected chi connectivity index (χ3v) is 4.66. The molecule has 1 aliphatic rings. The van der Waals surface area contributed by atoms with E-state index in [-0.39, 0.29) is 5.97 Å². The first-order chi connectivity index (χ1) is 11.1. The Morgan fingerprint density at radius 2 is 2.13 bits per heavy atom. The minimum Gasteiger partial charge on any atom is -0.462 e. The van der Waals surface area contributed by atoms with Crippen LogP contribution >= 0.6 is 0 Å². The SMILES string of the molecule is CCOC(=O)c1c(C)n(CC2CCC(=O)CC2)c2ncccc12. The van der Waals surface area contributed by atoms with Crippen molar-refractivity contribution in [2.75, 3.05) is 6.61 Å². The molecule has 0 aromatic carbocycles. The van der Waals surface area contributed by atoms with E-state index in [1.54, 1.807) is 6.20 Å². The molecule has 0 spiro atoms. The second-order valence-corrected chi connectivity index (χ2v) is 6.15. The lowest BCUT2D eigenvalue weighted by Crippen LogP contribution is -2.19. The number of ketones is 1. The number of rotatable bonds is 4. The highest BCUT2D eigenvalue weighted by Gasteiger charge is 2.25. The molecule has 0 saturated heterocycles. The van der Waals surface area contributed by atoms with E-state index in [9.17, 15) is 9.59 Å². The van der Waals surface area contributed by atoms with Crippen LogP contribution in [0.25, 0.3) is 11.0 Å². The lowest BCUT2D eigenvalue weighted by molar-refractivity contribution is -0.121. The van der Waals surface area contributed by atoms with E-state index in [1.807, 2.05) is 26.0 Å². The smallest absolute Gasteiger partial charge is 0.340 e. The summed E-state index contributed by atoms with van der Waals surface area (Å²) in [5.41, 5.74) is 2.33. The number of ether oxygens (including phenoxy) is 1. The zero-order chi connectivity index (χ0) is 16.4. The zero-order valence-electron chi connectivity index (χ0n) is 13.7. The molecule has 0 unspecified atom stereocenters. The maximum absolute atomic E-state index is 12.3. The fraction of sp³-hybridized carbons (Fsp3) is 0.500. The summed E-state index contributed by atoms with van der Waals surface area (Å²) in [4.78, 5) is 28.2. The zero-order valence-corrected chi connectivity index (χ0v) is 13.7. The van der Waals surface area contributed by atoms with Gasteiger partial charge in [0.1, 0.15) is 11.4 Å². The van der Waals surface area contributed by atoms with E-state index in [0.717, 1.165) is 36.1 Å². The molecule has 1 aliphatic carbocycles. The maximum atomic E-state index is 12.3. The molecule has 23 heavy (non-hydrogen) atoms. The Labute approximate surface area is 135 Å². The molecule has 122 valence electrons. The average molecular weight is 314 g/mol. The van der Waals surface area contributed by atoms with Gasteiger partial charge >= 0.3 is 5.97 Å². The first kappa shape index (κ1) is 15.7. The van der Waals surface area contributed by atoms with Crippen molar-refractivity contribution in [3.63, 3.8) is 0 Å². The minimum absolute atomic E-state index is 0.291. The Hall–Kier alpha value is -2.17. The van der Waals surface area contributed by atoms with Crippen LogP contribution in [0.15, 0.2) is 18.3 Å². The molecule has 0 aliphatic heterocycles. The van der Waals surface area contributed by atoms with Gasteiger partial charge in [-0.3, -0.25) is 4.79 Å². The summed E-state index contributed by atoms with van der Waals surface area (Å²) in [6.45, 7) is 4.91. The summed E-state index contributed by atoms with van der Waals surface area (Å²) >= 11 is 0. The fourth-order valence-electron chi connectivity index (χ4n) is 3.42. The van der Waals surface area contributed by atoms with E-state index in [2.05, 4.69) is 9.55 Å². The number of Topliss-reactive ketones (excluding diaryl/α,β-unsaturated/α-hetero) is 1. The van der Waals surface area contributed by atoms with E-state index in [0.29, 0.717) is 36.7 Å². The number of pyridine rings is 1. The topological polar surface area (TPSA) is 61.2 Å². The predicted molar refractivity (Wildman–Crippen MR) is 87.4 cm³/mol. The van der Waals surface area contributed by atoms with Crippen LogP contribution in [0.3, 0.4) is 0 Å². The summed E-state index contributed by atoms with van der Waals surface area (Å²) in [7, 11) is 0. The molecule has 0 bridgehead atoms. The minimum atomic E-state index is -0.291. The Kier molecular flexibility index (Phi) is 4.46. The second kappa shape index (κ2) is 6.52. The molecule has 5 heteroatoms. The van der Waals surface area contributed by atoms with Crippen molar-refractivity contribution in [2.45, 2.75) is 46.1 Å². The van der Waals surface area contributed by atoms with E-state index in [1.165, 1.54) is 0 Å². The van der Waals surface area contributed by atoms with Crippen molar-refractivity contribution in [1.82, 2.24) is 9.55 Å². The van der Waals surface area contributed by atoms with Gasteiger partial charge in [0.2, 0.25) is 0 Å². The van der Waals surface area contributed by atoms with Crippen LogP contribution < -0.4 is 0 Å². The summed E-state index contributed by atoms with van der Waals surface area (Å²) in [6, 6.07) is 3.76. The molecule has 2 heterocycles. The third-order valence-electron chi connectivity index (χ3n) is 4.66. The molecule has 1 saturated carbocycles. The highest BCUT2D eigenvalue weighted by molar-refractivity contribution is 6.04. The molecule has 0 radical (unpaired) electrons. The first-order valence-corrected chi connectivity index (χ1v) is 8.24. The molecule has 1 fully saturated rings. The molecular formula is C18H22N2O3. The number of hydrogen-bond acceptors (Lipinski definition) is 4. The number of fused-ring (bicyclic) bond motifs is 1. The predicted octanol–water partition coefficient (Wildman–Crippen LogP) is 3.28. The molecule has 3 rings (SSSR count). The highest BCUT2D eigenvalue weighted by atomic mass is 16.5. The van der Waals surface area contributed by atoms with Crippen molar-refractivity contribution in [2.24, 2.45) is 5.92 Å². The van der Waals surface area contributed by atoms with E-state index in [4.69, 9.17) is 4.74 Å². The van der Waals surface area contributed by atoms with E-state index < -0.39 is 0 Å². The lowest BCUT2D eigenvalue weighted by atomic mass is 9.88. The van der Waals surface area contributed by atoms with Crippen LogP contribution in [0.1, 0.15) is 48.7 Å². The summed E-state index contributed by atoms with van der Waals surface area (Å²) in [5, 5.41) is 0.843. The van der Waals surface area contributed by atoms with Gasteiger partial charge < -0.3 is 9.30 Å². The van der Waals surface area contributed by atoms with Gasteiger partial charge in [0.15, 0.2) is 0 Å². The molecule has 2 aromatic rings. The number of carbonyl (C=O) groups excluding carboxylic acids is 2. The van der Waals surface area contributed by atoms with Gasteiger partial charge in [0, 0.05) is 36.7 Å². The third kappa shape index (κ3) is 3.00. The molecule has 0 N–H and O–H groups in total. The lowest BCUT2D eigenvalue weighted by Gasteiger charge is -2.22. The van der Waals surface area contributed by atoms with Crippen molar-refractivity contribution in [3.8, 4) is 0 Å². The van der Waals surface area contributed by atoms with Crippen molar-refractivity contribution in [3.05, 3.63) is 29.6 Å². The molecule has 0 atom stereocenters. The van der Waals surface area contributed by atoms with Gasteiger partial charge in [0.25, 0.3) is 0 Å². The van der Waals surface area contributed by atoms with Gasteiger partial charge in [-0.1, -0.05) is 0 Å². The molecular weight excluding hydrogens is 292 g/mol. The monoisotopic (exact) mass is 314 g/mol. The normalized spacial score (nSPS) is 16.0. The first-order valence-electron chi connectivity index (χ1n) is 8.24. The number of carbonyl (C=O) groups is 2. The van der Waals surface area contributed by atoms with Crippen LogP contribution in [-0.2, 0) is 16.1 Å². The van der Waals surface area contributed by atoms with Gasteiger partial charge in [-0.15, -0.1) is 0 Å². The van der Waals surface area contributed by atoms with Crippen LogP contribution in [0.2, 0.25) is 0 Å². The standard InChI is InChI=1S/C18H22N2O3/c1-3-23-18(22)16-12(2)20(17-15(16)5-4-10-19-17)11-13-6-8-14(21)9-7-13/h4-5,10,13H,3,6-9,11H2,1-2H3. The highest BCUT2D eigenvalue weighted by Crippen LogP contribution is 2.29. The quantitative estimate of drug-likeness (QED) is 0.813. The summed E-state index contributed by atoms with van der Waals surface area (Å²) in [6.07, 6.45) is 4.92. The number of esters is 1. The van der Waals surface area contributed by atoms with Crippen molar-refractivity contribution in [1.29, 1.82) is 0 Å². The van der Waals surface area contributed by atoms with Crippen molar-refractivity contribution >= 4 is 22.8 Å². The van der Waals surface area contributed by atoms with Crippen LogP contribution in [-0.4, -0.2) is 27.9 Å². The van der Waals surface area contributed by atoms with Gasteiger partial charge in [-0.05, 0) is 44.7 Å². The number of aromatic nitrogens is 2. The Morgan fingerprint density at radius 3 is 2.83 bits per heavy atom. The Bertz CT molecular complexity index is 738. The largest absolute Gasteiger partial charge is 0.462 e. The van der Waals surface area contributed by atoms with Crippen LogP contribution in [0.4, 0.5) is 0 Å². The number of hydrogen-bond donors (Lipinski definition) is 0. The summed E-state index contributed by atoms with van der Waals surface area (Å²) < 4.78 is 7.32. The molecule has 0 amide bonds. The fourth-order valence-corrected chi connectivity index (χ4v) is 3.42. The molecule has 5 nitrogen and oxygen atoms in total. The van der Waals surface area contributed by atoms with E-state index >= 15 is 0 Å². The average Bonchev–Trinajstić information content (AvgIpc) is 2.82. The molecule has 2 aromatic heterocycles. The van der Waals surface area contributed by atoms with Crippen LogP contribution in [0.5, 0.6) is 0 Å². The Balaban J connectivity index is 1.98. The van der Waals surface area contributed by atoms with Crippen molar-refractivity contribution < 1.29 is 14.3 Å². The van der Waals surface area contributed by atoms with Gasteiger partial charge in [0.05, 0.1) is 12.2 Å². The second-order valence-electron chi connectivity index (χ2n) is 6.15. The van der Waals surface area contributed by atoms with Gasteiger partial charge in [-0.25, -0.2) is 9.78 Å². The maximum Gasteiger partial charge on any atom is 0.340 e. The summed E-state index contributed by atoms with van der Waals surface area (Å²) in [5.74, 6) is 0.528. The van der Waals surface area contributed by atoms with Gasteiger partial charge in [-0.2, -0.15) is 0 Å². The van der Waals surface area contributed by atoms with Crippen LogP contribution in [0, 0.1) is 12.8 Å².